The molecule has 0 aliphatic carbocycles. The number of ketones is 1. The molecule has 0 saturated carbocycles. The molecule has 6 heteroatoms. The third kappa shape index (κ3) is 5.30. The zero-order valence-corrected chi connectivity index (χ0v) is 13.1. The first-order valence-electron chi connectivity index (χ1n) is 6.83. The Labute approximate surface area is 125 Å². The second-order valence-electron chi connectivity index (χ2n) is 4.70. The Morgan fingerprint density at radius 3 is 2.24 bits per heavy atom. The van der Waals surface area contributed by atoms with Crippen molar-refractivity contribution < 1.29 is 22.7 Å². The fourth-order valence-corrected chi connectivity index (χ4v) is 3.16. The summed E-state index contributed by atoms with van der Waals surface area (Å²) in [6, 6.07) is 5.95. The van der Waals surface area contributed by atoms with Gasteiger partial charge in [-0.05, 0) is 25.0 Å². The third-order valence-corrected chi connectivity index (χ3v) is 4.85. The monoisotopic (exact) mass is 312 g/mol. The molecule has 0 atom stereocenters. The average Bonchev–Trinajstić information content (AvgIpc) is 2.47. The van der Waals surface area contributed by atoms with Gasteiger partial charge in [0.15, 0.2) is 15.6 Å². The summed E-state index contributed by atoms with van der Waals surface area (Å²) in [7, 11) is -2.17. The van der Waals surface area contributed by atoms with Crippen LogP contribution in [-0.2, 0) is 19.4 Å². The van der Waals surface area contributed by atoms with E-state index in [1.807, 2.05) is 6.92 Å². The van der Waals surface area contributed by atoms with Crippen LogP contribution in [0.4, 0.5) is 0 Å². The molecule has 0 aliphatic heterocycles. The zero-order chi connectivity index (χ0) is 15.9. The molecule has 0 aromatic heterocycles. The smallest absolute Gasteiger partial charge is 0.305 e. The predicted octanol–water partition coefficient (Wildman–Crippen LogP) is 2.40. The van der Waals surface area contributed by atoms with Gasteiger partial charge in [0.25, 0.3) is 0 Å². The van der Waals surface area contributed by atoms with Gasteiger partial charge in [-0.1, -0.05) is 19.1 Å². The number of hydrogen-bond donors (Lipinski definition) is 0. The molecule has 0 saturated heterocycles. The minimum absolute atomic E-state index is 0.00661. The lowest BCUT2D eigenvalue weighted by Gasteiger charge is -2.05. The molecule has 1 aromatic rings. The van der Waals surface area contributed by atoms with Crippen LogP contribution in [0.15, 0.2) is 29.2 Å². The first kappa shape index (κ1) is 17.4. The molecule has 0 amide bonds. The van der Waals surface area contributed by atoms with E-state index in [-0.39, 0.29) is 29.3 Å². The Morgan fingerprint density at radius 2 is 1.71 bits per heavy atom. The van der Waals surface area contributed by atoms with Crippen molar-refractivity contribution in [3.05, 3.63) is 29.8 Å². The topological polar surface area (TPSA) is 77.5 Å². The van der Waals surface area contributed by atoms with Gasteiger partial charge in [-0.25, -0.2) is 8.42 Å². The summed E-state index contributed by atoms with van der Waals surface area (Å²) in [5.41, 5.74) is 0.519. The van der Waals surface area contributed by atoms with Gasteiger partial charge in [0.2, 0.25) is 0 Å². The molecule has 116 valence electrons. The molecule has 0 bridgehead atoms. The lowest BCUT2D eigenvalue weighted by molar-refractivity contribution is -0.140. The van der Waals surface area contributed by atoms with Crippen LogP contribution in [-0.4, -0.2) is 33.0 Å². The van der Waals surface area contributed by atoms with Crippen molar-refractivity contribution in [2.75, 3.05) is 12.9 Å². The van der Waals surface area contributed by atoms with E-state index < -0.39 is 15.8 Å². The normalized spacial score (nSPS) is 11.1. The number of ether oxygens (including phenoxy) is 1. The Bertz CT molecular complexity index is 587. The molecule has 0 fully saturated rings. The SMILES string of the molecule is CCCC(=O)c1ccc(S(=O)(=O)CCCC(=O)OC)cc1. The van der Waals surface area contributed by atoms with Gasteiger partial charge in [-0.15, -0.1) is 0 Å². The summed E-state index contributed by atoms with van der Waals surface area (Å²) in [5.74, 6) is -0.539. The van der Waals surface area contributed by atoms with Crippen LogP contribution in [0, 0.1) is 0 Å². The Kier molecular flexibility index (Phi) is 6.55. The quantitative estimate of drug-likeness (QED) is 0.544. The second-order valence-corrected chi connectivity index (χ2v) is 6.81. The third-order valence-electron chi connectivity index (χ3n) is 3.03. The average molecular weight is 312 g/mol. The van der Waals surface area contributed by atoms with Gasteiger partial charge in [-0.3, -0.25) is 9.59 Å². The number of hydrogen-bond acceptors (Lipinski definition) is 5. The van der Waals surface area contributed by atoms with Crippen molar-refractivity contribution in [2.24, 2.45) is 0 Å². The first-order chi connectivity index (χ1) is 9.90. The molecule has 1 aromatic carbocycles. The highest BCUT2D eigenvalue weighted by Crippen LogP contribution is 2.15. The Balaban J connectivity index is 2.71. The van der Waals surface area contributed by atoms with Gasteiger partial charge < -0.3 is 4.74 Å². The number of Topliss-reactive ketones (excluding diaryl/α,β-unsaturated/α-hetero) is 1. The van der Waals surface area contributed by atoms with E-state index in [9.17, 15) is 18.0 Å². The van der Waals surface area contributed by atoms with E-state index in [2.05, 4.69) is 4.74 Å². The fourth-order valence-electron chi connectivity index (χ4n) is 1.85. The van der Waals surface area contributed by atoms with Crippen molar-refractivity contribution in [1.29, 1.82) is 0 Å². The Hall–Kier alpha value is -1.69. The highest BCUT2D eigenvalue weighted by Gasteiger charge is 2.16. The number of benzene rings is 1. The number of carbonyl (C=O) groups excluding carboxylic acids is 2. The maximum atomic E-state index is 12.1. The lowest BCUT2D eigenvalue weighted by Crippen LogP contribution is -2.10. The van der Waals surface area contributed by atoms with E-state index in [1.165, 1.54) is 31.4 Å². The van der Waals surface area contributed by atoms with Crippen LogP contribution in [0.1, 0.15) is 43.0 Å². The summed E-state index contributed by atoms with van der Waals surface area (Å²) in [6.07, 6.45) is 1.49. The maximum absolute atomic E-state index is 12.1. The van der Waals surface area contributed by atoms with E-state index in [0.29, 0.717) is 12.0 Å². The molecule has 5 nitrogen and oxygen atoms in total. The summed E-state index contributed by atoms with van der Waals surface area (Å²) in [6.45, 7) is 1.91. The van der Waals surface area contributed by atoms with Crippen LogP contribution in [0.2, 0.25) is 0 Å². The van der Waals surface area contributed by atoms with Crippen molar-refractivity contribution in [3.8, 4) is 0 Å². The van der Waals surface area contributed by atoms with Crippen molar-refractivity contribution in [1.82, 2.24) is 0 Å². The van der Waals surface area contributed by atoms with Crippen molar-refractivity contribution in [2.45, 2.75) is 37.5 Å². The van der Waals surface area contributed by atoms with E-state index in [0.717, 1.165) is 6.42 Å². The molecule has 0 N–H and O–H groups in total. The highest BCUT2D eigenvalue weighted by atomic mass is 32.2. The standard InChI is InChI=1S/C15H20O5S/c1-3-5-14(16)12-7-9-13(10-8-12)21(18,19)11-4-6-15(17)20-2/h7-10H,3-6,11H2,1-2H3. The zero-order valence-electron chi connectivity index (χ0n) is 12.3. The lowest BCUT2D eigenvalue weighted by atomic mass is 10.1. The van der Waals surface area contributed by atoms with Gasteiger partial charge in [0, 0.05) is 18.4 Å². The number of methoxy groups -OCH3 is 1. The summed E-state index contributed by atoms with van der Waals surface area (Å²) < 4.78 is 28.6. The number of rotatable bonds is 8. The molecule has 0 aliphatic rings. The first-order valence-corrected chi connectivity index (χ1v) is 8.48. The van der Waals surface area contributed by atoms with Crippen LogP contribution >= 0.6 is 0 Å². The largest absolute Gasteiger partial charge is 0.469 e. The molecular weight excluding hydrogens is 292 g/mol. The number of esters is 1. The maximum Gasteiger partial charge on any atom is 0.305 e. The van der Waals surface area contributed by atoms with Gasteiger partial charge in [0.05, 0.1) is 17.8 Å². The van der Waals surface area contributed by atoms with Crippen LogP contribution in [0.3, 0.4) is 0 Å². The van der Waals surface area contributed by atoms with E-state index >= 15 is 0 Å². The minimum atomic E-state index is -3.44. The van der Waals surface area contributed by atoms with Crippen molar-refractivity contribution in [3.63, 3.8) is 0 Å². The molecule has 0 radical (unpaired) electrons. The van der Waals surface area contributed by atoms with E-state index in [1.54, 1.807) is 0 Å². The highest BCUT2D eigenvalue weighted by molar-refractivity contribution is 7.91. The molecule has 0 heterocycles. The predicted molar refractivity (Wildman–Crippen MR) is 79.0 cm³/mol. The molecular formula is C15H20O5S. The van der Waals surface area contributed by atoms with Crippen LogP contribution in [0.25, 0.3) is 0 Å². The van der Waals surface area contributed by atoms with E-state index in [4.69, 9.17) is 0 Å². The fraction of sp³-hybridized carbons (Fsp3) is 0.467. The van der Waals surface area contributed by atoms with Crippen LogP contribution in [0.5, 0.6) is 0 Å². The molecule has 0 unspecified atom stereocenters. The Morgan fingerprint density at radius 1 is 1.10 bits per heavy atom. The summed E-state index contributed by atoms with van der Waals surface area (Å²) in [5, 5.41) is 0. The molecule has 21 heavy (non-hydrogen) atoms. The van der Waals surface area contributed by atoms with Crippen molar-refractivity contribution >= 4 is 21.6 Å². The second kappa shape index (κ2) is 7.93. The summed E-state index contributed by atoms with van der Waals surface area (Å²) in [4.78, 5) is 22.8. The van der Waals surface area contributed by atoms with Gasteiger partial charge in [-0.2, -0.15) is 0 Å². The molecule has 1 rings (SSSR count). The van der Waals surface area contributed by atoms with Crippen LogP contribution < -0.4 is 0 Å². The number of carbonyl (C=O) groups is 2. The number of sulfone groups is 1. The molecule has 0 spiro atoms. The minimum Gasteiger partial charge on any atom is -0.469 e. The van der Waals surface area contributed by atoms with Gasteiger partial charge in [0.1, 0.15) is 0 Å². The summed E-state index contributed by atoms with van der Waals surface area (Å²) >= 11 is 0. The van der Waals surface area contributed by atoms with Gasteiger partial charge >= 0.3 is 5.97 Å².